The van der Waals surface area contributed by atoms with Gasteiger partial charge in [0.1, 0.15) is 6.10 Å². The minimum absolute atomic E-state index is 0.157. The molecule has 59 heavy (non-hydrogen) atoms. The summed E-state index contributed by atoms with van der Waals surface area (Å²) in [6, 6.07) is -0.833. The van der Waals surface area contributed by atoms with Crippen LogP contribution in [-0.2, 0) is 4.79 Å². The van der Waals surface area contributed by atoms with E-state index in [0.717, 1.165) is 44.9 Å². The van der Waals surface area contributed by atoms with Gasteiger partial charge in [-0.05, 0) is 77.0 Å². The van der Waals surface area contributed by atoms with Crippen LogP contribution in [0.15, 0.2) is 36.5 Å². The van der Waals surface area contributed by atoms with Gasteiger partial charge in [0.2, 0.25) is 5.91 Å². The Morgan fingerprint density at radius 2 is 0.695 bits per heavy atom. The Bertz CT molecular complexity index is 916. The molecule has 0 fully saturated rings. The molecule has 0 saturated carbocycles. The standard InChI is InChI=1S/C54H103NO4/c1-3-5-7-9-11-13-15-17-19-21-23-24-25-26-27-28-29-30-31-33-35-37-39-41-43-45-47-49-53(58)55-51(50-56)54(59)52(57)48-46-44-42-40-38-36-34-32-22-20-18-16-14-12-10-8-6-4-2/h26-27,32,34,40,42,51-52,54,56-57,59H,3-25,28-31,33,35-39,41,43-50H2,1-2H3,(H,55,58)/b27-26-,34-32+,42-40+. The molecule has 0 aliphatic carbocycles. The molecule has 0 spiro atoms. The van der Waals surface area contributed by atoms with Crippen molar-refractivity contribution >= 4 is 5.91 Å². The fourth-order valence-electron chi connectivity index (χ4n) is 8.12. The number of aliphatic hydroxyl groups is 3. The van der Waals surface area contributed by atoms with Crippen molar-refractivity contribution in [1.29, 1.82) is 0 Å². The van der Waals surface area contributed by atoms with Crippen molar-refractivity contribution in [2.75, 3.05) is 6.61 Å². The molecule has 0 saturated heterocycles. The summed E-state index contributed by atoms with van der Waals surface area (Å²) in [7, 11) is 0. The highest BCUT2D eigenvalue weighted by Crippen LogP contribution is 2.16. The van der Waals surface area contributed by atoms with E-state index in [2.05, 4.69) is 55.6 Å². The van der Waals surface area contributed by atoms with Crippen molar-refractivity contribution in [3.05, 3.63) is 36.5 Å². The number of amides is 1. The van der Waals surface area contributed by atoms with Gasteiger partial charge in [0.05, 0.1) is 18.8 Å². The second-order valence-corrected chi connectivity index (χ2v) is 18.1. The van der Waals surface area contributed by atoms with Gasteiger partial charge in [-0.2, -0.15) is 0 Å². The smallest absolute Gasteiger partial charge is 0.220 e. The second kappa shape index (κ2) is 49.2. The molecule has 0 aliphatic heterocycles. The molecule has 0 bridgehead atoms. The minimum Gasteiger partial charge on any atom is -0.394 e. The van der Waals surface area contributed by atoms with Crippen LogP contribution < -0.4 is 5.32 Å². The van der Waals surface area contributed by atoms with Gasteiger partial charge in [0.25, 0.3) is 0 Å². The maximum Gasteiger partial charge on any atom is 0.220 e. The van der Waals surface area contributed by atoms with E-state index in [1.807, 2.05) is 0 Å². The van der Waals surface area contributed by atoms with Crippen molar-refractivity contribution in [2.24, 2.45) is 0 Å². The number of nitrogens with one attached hydrogen (secondary N) is 1. The lowest BCUT2D eigenvalue weighted by Crippen LogP contribution is -2.50. The van der Waals surface area contributed by atoms with Gasteiger partial charge < -0.3 is 20.6 Å². The zero-order valence-corrected chi connectivity index (χ0v) is 39.6. The molecule has 0 radical (unpaired) electrons. The predicted octanol–water partition coefficient (Wildman–Crippen LogP) is 15.9. The minimum atomic E-state index is -1.17. The summed E-state index contributed by atoms with van der Waals surface area (Å²) < 4.78 is 0. The van der Waals surface area contributed by atoms with Gasteiger partial charge in [-0.1, -0.05) is 230 Å². The Hall–Kier alpha value is -1.43. The monoisotopic (exact) mass is 830 g/mol. The van der Waals surface area contributed by atoms with Gasteiger partial charge in [0, 0.05) is 6.42 Å². The molecule has 3 atom stereocenters. The molecule has 5 nitrogen and oxygen atoms in total. The van der Waals surface area contributed by atoms with E-state index >= 15 is 0 Å². The number of aliphatic hydroxyl groups excluding tert-OH is 3. The third-order valence-electron chi connectivity index (χ3n) is 12.2. The van der Waals surface area contributed by atoms with E-state index in [-0.39, 0.29) is 12.5 Å². The van der Waals surface area contributed by atoms with Crippen molar-refractivity contribution in [2.45, 2.75) is 295 Å². The average Bonchev–Trinajstić information content (AvgIpc) is 3.24. The van der Waals surface area contributed by atoms with Gasteiger partial charge >= 0.3 is 0 Å². The number of unbranched alkanes of at least 4 members (excludes halogenated alkanes) is 34. The summed E-state index contributed by atoms with van der Waals surface area (Å²) in [5, 5.41) is 33.6. The third-order valence-corrected chi connectivity index (χ3v) is 12.2. The number of allylic oxidation sites excluding steroid dienone is 6. The number of rotatable bonds is 48. The van der Waals surface area contributed by atoms with Crippen molar-refractivity contribution in [3.8, 4) is 0 Å². The van der Waals surface area contributed by atoms with Crippen LogP contribution in [-0.4, -0.2) is 46.1 Å². The lowest BCUT2D eigenvalue weighted by molar-refractivity contribution is -0.124. The Balaban J connectivity index is 3.60. The molecule has 0 rings (SSSR count). The Morgan fingerprint density at radius 1 is 0.407 bits per heavy atom. The maximum atomic E-state index is 12.5. The van der Waals surface area contributed by atoms with E-state index in [9.17, 15) is 20.1 Å². The molecular formula is C54H103NO4. The van der Waals surface area contributed by atoms with Crippen LogP contribution in [0.3, 0.4) is 0 Å². The van der Waals surface area contributed by atoms with Crippen LogP contribution in [0, 0.1) is 0 Å². The molecule has 0 heterocycles. The number of carbonyl (C=O) groups excluding carboxylic acids is 1. The summed E-state index contributed by atoms with van der Waals surface area (Å²) in [6.07, 6.45) is 62.9. The molecule has 348 valence electrons. The summed E-state index contributed by atoms with van der Waals surface area (Å²) in [6.45, 7) is 4.18. The van der Waals surface area contributed by atoms with Crippen molar-refractivity contribution in [1.82, 2.24) is 5.32 Å². The number of carbonyl (C=O) groups is 1. The van der Waals surface area contributed by atoms with Crippen LogP contribution in [0.5, 0.6) is 0 Å². The van der Waals surface area contributed by atoms with Crippen LogP contribution in [0.1, 0.15) is 277 Å². The summed E-state index contributed by atoms with van der Waals surface area (Å²) >= 11 is 0. The van der Waals surface area contributed by atoms with Crippen LogP contribution in [0.2, 0.25) is 0 Å². The molecular weight excluding hydrogens is 727 g/mol. The lowest BCUT2D eigenvalue weighted by atomic mass is 10.0. The van der Waals surface area contributed by atoms with Gasteiger partial charge in [0.15, 0.2) is 0 Å². The SMILES string of the molecule is CCCCCCCCCCC/C=C/CC/C=C/CCCC(O)C(O)C(CO)NC(=O)CCCCCCCCCCCCC/C=C\CCCCCCCCCCCCCC. The van der Waals surface area contributed by atoms with E-state index in [4.69, 9.17) is 0 Å². The Morgan fingerprint density at radius 3 is 1.03 bits per heavy atom. The number of hydrogen-bond acceptors (Lipinski definition) is 4. The molecule has 4 N–H and O–H groups in total. The van der Waals surface area contributed by atoms with Crippen molar-refractivity contribution < 1.29 is 20.1 Å². The van der Waals surface area contributed by atoms with Crippen LogP contribution in [0.25, 0.3) is 0 Å². The molecule has 3 unspecified atom stereocenters. The van der Waals surface area contributed by atoms with E-state index < -0.39 is 18.2 Å². The summed E-state index contributed by atoms with van der Waals surface area (Å²) in [5.74, 6) is -0.157. The number of hydrogen-bond donors (Lipinski definition) is 4. The first-order valence-electron chi connectivity index (χ1n) is 26.3. The van der Waals surface area contributed by atoms with Crippen LogP contribution in [0.4, 0.5) is 0 Å². The molecule has 0 aliphatic rings. The van der Waals surface area contributed by atoms with E-state index in [1.54, 1.807) is 0 Å². The maximum absolute atomic E-state index is 12.5. The largest absolute Gasteiger partial charge is 0.394 e. The quantitative estimate of drug-likeness (QED) is 0.0363. The third kappa shape index (κ3) is 44.4. The molecule has 1 amide bonds. The van der Waals surface area contributed by atoms with Crippen molar-refractivity contribution in [3.63, 3.8) is 0 Å². The van der Waals surface area contributed by atoms with Gasteiger partial charge in [-0.15, -0.1) is 0 Å². The Kier molecular flexibility index (Phi) is 48.0. The van der Waals surface area contributed by atoms with E-state index in [1.165, 1.54) is 205 Å². The lowest BCUT2D eigenvalue weighted by Gasteiger charge is -2.26. The fourth-order valence-corrected chi connectivity index (χ4v) is 8.12. The molecule has 0 aromatic heterocycles. The topological polar surface area (TPSA) is 89.8 Å². The predicted molar refractivity (Wildman–Crippen MR) is 259 cm³/mol. The highest BCUT2D eigenvalue weighted by Gasteiger charge is 2.26. The molecule has 0 aromatic rings. The zero-order chi connectivity index (χ0) is 43.0. The first-order chi connectivity index (χ1) is 29.1. The highest BCUT2D eigenvalue weighted by molar-refractivity contribution is 5.76. The van der Waals surface area contributed by atoms with Gasteiger partial charge in [-0.25, -0.2) is 0 Å². The van der Waals surface area contributed by atoms with Crippen LogP contribution >= 0.6 is 0 Å². The molecule has 5 heteroatoms. The fraction of sp³-hybridized carbons (Fsp3) is 0.870. The molecule has 0 aromatic carbocycles. The zero-order valence-electron chi connectivity index (χ0n) is 39.6. The second-order valence-electron chi connectivity index (χ2n) is 18.1. The first-order valence-corrected chi connectivity index (χ1v) is 26.3. The summed E-state index contributed by atoms with van der Waals surface area (Å²) in [4.78, 5) is 12.5. The van der Waals surface area contributed by atoms with E-state index in [0.29, 0.717) is 12.8 Å². The normalized spacial score (nSPS) is 13.6. The summed E-state index contributed by atoms with van der Waals surface area (Å²) in [5.41, 5.74) is 0. The highest BCUT2D eigenvalue weighted by atomic mass is 16.3. The Labute approximate surface area is 368 Å². The van der Waals surface area contributed by atoms with Gasteiger partial charge in [-0.3, -0.25) is 4.79 Å². The first kappa shape index (κ1) is 57.6. The average molecular weight is 830 g/mol.